The van der Waals surface area contributed by atoms with Gasteiger partial charge in [-0.1, -0.05) is 6.92 Å². The number of hydrogen-bond donors (Lipinski definition) is 0. The molecule has 0 amide bonds. The molecule has 0 aliphatic heterocycles. The molecule has 0 bridgehead atoms. The highest BCUT2D eigenvalue weighted by atomic mass is 35.7. The first-order chi connectivity index (χ1) is 7.36. The lowest BCUT2D eigenvalue weighted by atomic mass is 10.1. The second-order valence-electron chi connectivity index (χ2n) is 3.67. The van der Waals surface area contributed by atoms with E-state index in [1.54, 1.807) is 26.0 Å². The zero-order valence-electron chi connectivity index (χ0n) is 9.58. The second-order valence-corrected chi connectivity index (χ2v) is 6.18. The summed E-state index contributed by atoms with van der Waals surface area (Å²) in [6.45, 7) is 6.05. The molecule has 0 unspecified atom stereocenters. The topological polar surface area (TPSA) is 43.4 Å². The maximum Gasteiger partial charge on any atom is 0.261 e. The molecular weight excluding hydrogens is 248 g/mol. The van der Waals surface area contributed by atoms with Gasteiger partial charge in [-0.25, -0.2) is 8.42 Å². The van der Waals surface area contributed by atoms with Crippen LogP contribution in [0, 0.1) is 13.8 Å². The van der Waals surface area contributed by atoms with Gasteiger partial charge in [-0.15, -0.1) is 0 Å². The Balaban J connectivity index is 3.18. The van der Waals surface area contributed by atoms with Crippen molar-refractivity contribution in [3.8, 4) is 5.75 Å². The van der Waals surface area contributed by atoms with Crippen LogP contribution in [-0.2, 0) is 9.05 Å². The molecule has 5 heteroatoms. The van der Waals surface area contributed by atoms with Crippen LogP contribution >= 0.6 is 10.7 Å². The van der Waals surface area contributed by atoms with Crippen molar-refractivity contribution in [2.75, 3.05) is 6.61 Å². The molecule has 0 saturated heterocycles. The molecule has 0 heterocycles. The third-order valence-corrected chi connectivity index (χ3v) is 3.75. The minimum atomic E-state index is -3.68. The predicted octanol–water partition coefficient (Wildman–Crippen LogP) is 3.02. The Morgan fingerprint density at radius 3 is 2.12 bits per heavy atom. The van der Waals surface area contributed by atoms with Crippen LogP contribution in [0.5, 0.6) is 5.75 Å². The zero-order valence-corrected chi connectivity index (χ0v) is 11.2. The molecule has 1 aromatic rings. The summed E-state index contributed by atoms with van der Waals surface area (Å²) in [5.41, 5.74) is 1.22. The van der Waals surface area contributed by atoms with E-state index in [4.69, 9.17) is 15.4 Å². The third-order valence-electron chi connectivity index (χ3n) is 2.15. The summed E-state index contributed by atoms with van der Waals surface area (Å²) in [7, 11) is 1.67. The van der Waals surface area contributed by atoms with Gasteiger partial charge in [0.15, 0.2) is 0 Å². The van der Waals surface area contributed by atoms with E-state index in [0.717, 1.165) is 6.42 Å². The van der Waals surface area contributed by atoms with Gasteiger partial charge in [0.25, 0.3) is 9.05 Å². The SMILES string of the molecule is CCCOc1cc(C)c(S(=O)(=O)Cl)c(C)c1. The number of ether oxygens (including phenoxy) is 1. The molecule has 0 saturated carbocycles. The van der Waals surface area contributed by atoms with E-state index in [9.17, 15) is 8.42 Å². The largest absolute Gasteiger partial charge is 0.494 e. The predicted molar refractivity (Wildman–Crippen MR) is 64.7 cm³/mol. The lowest BCUT2D eigenvalue weighted by Gasteiger charge is -2.10. The fourth-order valence-electron chi connectivity index (χ4n) is 1.60. The molecule has 0 aromatic heterocycles. The smallest absolute Gasteiger partial charge is 0.261 e. The molecule has 0 spiro atoms. The van der Waals surface area contributed by atoms with Gasteiger partial charge >= 0.3 is 0 Å². The highest BCUT2D eigenvalue weighted by Crippen LogP contribution is 2.28. The summed E-state index contributed by atoms with van der Waals surface area (Å²) < 4.78 is 28.1. The highest BCUT2D eigenvalue weighted by molar-refractivity contribution is 8.13. The minimum absolute atomic E-state index is 0.179. The fraction of sp³-hybridized carbons (Fsp3) is 0.455. The molecule has 90 valence electrons. The van der Waals surface area contributed by atoms with Crippen LogP contribution in [0.3, 0.4) is 0 Å². The molecule has 0 aliphatic rings. The van der Waals surface area contributed by atoms with Gasteiger partial charge in [-0.3, -0.25) is 0 Å². The summed E-state index contributed by atoms with van der Waals surface area (Å²) in [5, 5.41) is 0. The molecule has 0 N–H and O–H groups in total. The number of aryl methyl sites for hydroxylation is 2. The lowest BCUT2D eigenvalue weighted by Crippen LogP contribution is -2.01. The first kappa shape index (κ1) is 13.3. The number of benzene rings is 1. The van der Waals surface area contributed by atoms with Crippen molar-refractivity contribution in [3.63, 3.8) is 0 Å². The second kappa shape index (κ2) is 5.06. The molecule has 0 radical (unpaired) electrons. The number of hydrogen-bond acceptors (Lipinski definition) is 3. The quantitative estimate of drug-likeness (QED) is 0.784. The van der Waals surface area contributed by atoms with Crippen LogP contribution in [0.2, 0.25) is 0 Å². The molecule has 1 rings (SSSR count). The van der Waals surface area contributed by atoms with E-state index in [-0.39, 0.29) is 4.90 Å². The normalized spacial score (nSPS) is 11.5. The standard InChI is InChI=1S/C11H15ClO3S/c1-4-5-15-10-6-8(2)11(9(3)7-10)16(12,13)14/h6-7H,4-5H2,1-3H3. The first-order valence-corrected chi connectivity index (χ1v) is 7.36. The van der Waals surface area contributed by atoms with Crippen LogP contribution in [0.15, 0.2) is 17.0 Å². The molecule has 0 atom stereocenters. The molecule has 0 aliphatic carbocycles. The number of halogens is 1. The van der Waals surface area contributed by atoms with Crippen molar-refractivity contribution in [2.24, 2.45) is 0 Å². The summed E-state index contributed by atoms with van der Waals surface area (Å²) in [6, 6.07) is 3.38. The van der Waals surface area contributed by atoms with Crippen molar-refractivity contribution in [1.82, 2.24) is 0 Å². The van der Waals surface area contributed by atoms with Crippen molar-refractivity contribution >= 4 is 19.7 Å². The summed E-state index contributed by atoms with van der Waals surface area (Å²) >= 11 is 0. The van der Waals surface area contributed by atoms with Gasteiger partial charge in [-0.05, 0) is 43.5 Å². The monoisotopic (exact) mass is 262 g/mol. The zero-order chi connectivity index (χ0) is 12.3. The van der Waals surface area contributed by atoms with E-state index in [0.29, 0.717) is 23.5 Å². The maximum absolute atomic E-state index is 11.3. The summed E-state index contributed by atoms with van der Waals surface area (Å²) in [6.07, 6.45) is 0.910. The average molecular weight is 263 g/mol. The maximum atomic E-state index is 11.3. The van der Waals surface area contributed by atoms with Gasteiger partial charge in [0.05, 0.1) is 11.5 Å². The third kappa shape index (κ3) is 3.12. The van der Waals surface area contributed by atoms with E-state index < -0.39 is 9.05 Å². The van der Waals surface area contributed by atoms with E-state index in [1.807, 2.05) is 6.92 Å². The van der Waals surface area contributed by atoms with Crippen LogP contribution in [-0.4, -0.2) is 15.0 Å². The van der Waals surface area contributed by atoms with Crippen LogP contribution in [0.4, 0.5) is 0 Å². The molecule has 16 heavy (non-hydrogen) atoms. The molecule has 1 aromatic carbocycles. The highest BCUT2D eigenvalue weighted by Gasteiger charge is 2.17. The average Bonchev–Trinajstić information content (AvgIpc) is 2.11. The Morgan fingerprint density at radius 2 is 1.75 bits per heavy atom. The van der Waals surface area contributed by atoms with Crippen LogP contribution < -0.4 is 4.74 Å². The van der Waals surface area contributed by atoms with E-state index >= 15 is 0 Å². The van der Waals surface area contributed by atoms with Gasteiger partial charge < -0.3 is 4.74 Å². The summed E-state index contributed by atoms with van der Waals surface area (Å²) in [5.74, 6) is 0.681. The van der Waals surface area contributed by atoms with Gasteiger partial charge in [0.2, 0.25) is 0 Å². The fourth-order valence-corrected chi connectivity index (χ4v) is 3.22. The Bertz CT molecular complexity index is 457. The van der Waals surface area contributed by atoms with E-state index in [1.165, 1.54) is 0 Å². The van der Waals surface area contributed by atoms with Crippen LogP contribution in [0.25, 0.3) is 0 Å². The molecule has 3 nitrogen and oxygen atoms in total. The van der Waals surface area contributed by atoms with Gasteiger partial charge in [0.1, 0.15) is 5.75 Å². The van der Waals surface area contributed by atoms with Crippen LogP contribution in [0.1, 0.15) is 24.5 Å². The molecule has 0 fully saturated rings. The Labute approximate surface area is 101 Å². The Hall–Kier alpha value is -0.740. The summed E-state index contributed by atoms with van der Waals surface area (Å²) in [4.78, 5) is 0.179. The van der Waals surface area contributed by atoms with Crippen molar-refractivity contribution in [1.29, 1.82) is 0 Å². The minimum Gasteiger partial charge on any atom is -0.494 e. The Kier molecular flexibility index (Phi) is 4.21. The first-order valence-electron chi connectivity index (χ1n) is 5.05. The van der Waals surface area contributed by atoms with Crippen molar-refractivity contribution < 1.29 is 13.2 Å². The van der Waals surface area contributed by atoms with Crippen molar-refractivity contribution in [2.45, 2.75) is 32.1 Å². The van der Waals surface area contributed by atoms with Gasteiger partial charge in [-0.2, -0.15) is 0 Å². The van der Waals surface area contributed by atoms with E-state index in [2.05, 4.69) is 0 Å². The molecular formula is C11H15ClO3S. The Morgan fingerprint density at radius 1 is 1.25 bits per heavy atom. The number of rotatable bonds is 4. The lowest BCUT2D eigenvalue weighted by molar-refractivity contribution is 0.317. The van der Waals surface area contributed by atoms with Crippen molar-refractivity contribution in [3.05, 3.63) is 23.3 Å². The van der Waals surface area contributed by atoms with Gasteiger partial charge in [0, 0.05) is 10.7 Å².